The van der Waals surface area contributed by atoms with Crippen molar-refractivity contribution in [2.45, 2.75) is 13.3 Å². The molecule has 2 rings (SSSR count). The molecule has 0 fully saturated rings. The Morgan fingerprint density at radius 1 is 1.07 bits per heavy atom. The van der Waals surface area contributed by atoms with Gasteiger partial charge < -0.3 is 21.3 Å². The zero-order valence-electron chi connectivity index (χ0n) is 15.7. The van der Waals surface area contributed by atoms with Crippen LogP contribution in [0.2, 0.25) is 0 Å². The Balaban J connectivity index is 1.86. The summed E-state index contributed by atoms with van der Waals surface area (Å²) in [5, 5.41) is 21.4. The summed E-state index contributed by atoms with van der Waals surface area (Å²) in [6, 6.07) is 7.68. The molecule has 0 saturated heterocycles. The molecule has 0 bridgehead atoms. The van der Waals surface area contributed by atoms with E-state index in [0.717, 1.165) is 30.9 Å². The molecular weight excluding hydrogens is 344 g/mol. The summed E-state index contributed by atoms with van der Waals surface area (Å²) in [5.41, 5.74) is 9.23. The molecule has 0 radical (unpaired) electrons. The number of carbonyl (C=O) groups is 1. The smallest absolute Gasteiger partial charge is 0.183 e. The normalized spacial score (nSPS) is 15.9. The second-order valence-corrected chi connectivity index (χ2v) is 6.40. The monoisotopic (exact) mass is 372 g/mol. The molecule has 0 unspecified atom stereocenters. The Morgan fingerprint density at radius 2 is 1.74 bits per heavy atom. The summed E-state index contributed by atoms with van der Waals surface area (Å²) in [6.07, 6.45) is 4.01. The average Bonchev–Trinajstić information content (AvgIpc) is 2.65. The average molecular weight is 372 g/mol. The summed E-state index contributed by atoms with van der Waals surface area (Å²) in [5.74, 6) is -0.0810. The van der Waals surface area contributed by atoms with Crippen molar-refractivity contribution in [1.29, 1.82) is 0 Å². The number of anilines is 1. The molecule has 146 valence electrons. The van der Waals surface area contributed by atoms with Crippen molar-refractivity contribution in [3.8, 4) is 0 Å². The lowest BCUT2D eigenvalue weighted by Gasteiger charge is -2.20. The van der Waals surface area contributed by atoms with Gasteiger partial charge in [0.25, 0.3) is 0 Å². The van der Waals surface area contributed by atoms with Crippen LogP contribution in [0.3, 0.4) is 0 Å². The van der Waals surface area contributed by atoms with Gasteiger partial charge in [0, 0.05) is 31.4 Å². The van der Waals surface area contributed by atoms with Gasteiger partial charge in [0.05, 0.1) is 30.3 Å². The summed E-state index contributed by atoms with van der Waals surface area (Å²) in [6.45, 7) is 4.70. The zero-order chi connectivity index (χ0) is 19.6. The summed E-state index contributed by atoms with van der Waals surface area (Å²) < 4.78 is 0. The molecule has 7 heteroatoms. The van der Waals surface area contributed by atoms with Crippen molar-refractivity contribution >= 4 is 22.9 Å². The maximum atomic E-state index is 11.6. The van der Waals surface area contributed by atoms with Crippen LogP contribution in [0.4, 0.5) is 11.4 Å². The Labute approximate surface area is 159 Å². The lowest BCUT2D eigenvalue weighted by atomic mass is 10.0. The van der Waals surface area contributed by atoms with Gasteiger partial charge in [-0.15, -0.1) is 0 Å². The number of nitrogens with one attached hydrogen (secondary N) is 1. The van der Waals surface area contributed by atoms with E-state index in [0.29, 0.717) is 30.1 Å². The molecule has 0 aliphatic heterocycles. The fourth-order valence-corrected chi connectivity index (χ4v) is 2.73. The second kappa shape index (κ2) is 10.6. The van der Waals surface area contributed by atoms with Crippen LogP contribution in [0.1, 0.15) is 13.3 Å². The molecule has 0 atom stereocenters. The van der Waals surface area contributed by atoms with E-state index in [2.05, 4.69) is 10.3 Å². The van der Waals surface area contributed by atoms with Crippen molar-refractivity contribution < 1.29 is 15.0 Å². The fourth-order valence-electron chi connectivity index (χ4n) is 2.73. The van der Waals surface area contributed by atoms with E-state index >= 15 is 0 Å². The third kappa shape index (κ3) is 6.63. The van der Waals surface area contributed by atoms with Gasteiger partial charge >= 0.3 is 0 Å². The number of rotatable bonds is 10. The summed E-state index contributed by atoms with van der Waals surface area (Å²) in [7, 11) is 0. The maximum absolute atomic E-state index is 11.6. The highest BCUT2D eigenvalue weighted by Gasteiger charge is 2.13. The highest BCUT2D eigenvalue weighted by molar-refractivity contribution is 6.21. The molecule has 0 aromatic heterocycles. The minimum atomic E-state index is -0.0810. The quantitative estimate of drug-likeness (QED) is 0.363. The molecule has 1 aromatic rings. The van der Waals surface area contributed by atoms with E-state index in [-0.39, 0.29) is 19.0 Å². The molecular formula is C20H28N4O3. The van der Waals surface area contributed by atoms with Gasteiger partial charge in [0.15, 0.2) is 5.78 Å². The number of hydrogen-bond donors (Lipinski definition) is 4. The van der Waals surface area contributed by atoms with Gasteiger partial charge in [0.2, 0.25) is 0 Å². The first-order valence-corrected chi connectivity index (χ1v) is 9.10. The first-order chi connectivity index (χ1) is 13.0. The first kappa shape index (κ1) is 20.8. The predicted molar refractivity (Wildman–Crippen MR) is 108 cm³/mol. The molecule has 7 nitrogen and oxygen atoms in total. The van der Waals surface area contributed by atoms with Crippen LogP contribution in [0.15, 0.2) is 52.7 Å². The van der Waals surface area contributed by atoms with E-state index in [9.17, 15) is 4.79 Å². The van der Waals surface area contributed by atoms with Crippen LogP contribution in [-0.4, -0.2) is 66.0 Å². The van der Waals surface area contributed by atoms with Crippen LogP contribution < -0.4 is 11.1 Å². The molecule has 5 N–H and O–H groups in total. The van der Waals surface area contributed by atoms with E-state index in [1.165, 1.54) is 6.08 Å². The molecule has 0 heterocycles. The number of aliphatic imine (C=N–C) groups is 1. The predicted octanol–water partition coefficient (Wildman–Crippen LogP) is 1.22. The van der Waals surface area contributed by atoms with Crippen LogP contribution in [0.25, 0.3) is 0 Å². The van der Waals surface area contributed by atoms with E-state index in [1.807, 2.05) is 29.2 Å². The molecule has 27 heavy (non-hydrogen) atoms. The second-order valence-electron chi connectivity index (χ2n) is 6.40. The van der Waals surface area contributed by atoms with Crippen molar-refractivity contribution in [3.63, 3.8) is 0 Å². The van der Waals surface area contributed by atoms with Crippen molar-refractivity contribution in [2.75, 3.05) is 44.7 Å². The minimum Gasteiger partial charge on any atom is -0.397 e. The van der Waals surface area contributed by atoms with Gasteiger partial charge in [-0.3, -0.25) is 9.69 Å². The van der Waals surface area contributed by atoms with Crippen LogP contribution in [0, 0.1) is 0 Å². The van der Waals surface area contributed by atoms with Crippen LogP contribution >= 0.6 is 0 Å². The van der Waals surface area contributed by atoms with E-state index in [1.54, 1.807) is 13.0 Å². The number of aliphatic hydroxyl groups excluding tert-OH is 2. The van der Waals surface area contributed by atoms with Crippen molar-refractivity contribution in [2.24, 2.45) is 10.7 Å². The first-order valence-electron chi connectivity index (χ1n) is 9.10. The molecule has 1 aliphatic carbocycles. The molecule has 1 aliphatic rings. The van der Waals surface area contributed by atoms with Gasteiger partial charge in [0.1, 0.15) is 0 Å². The number of aliphatic hydroxyl groups is 2. The minimum absolute atomic E-state index is 0.0810. The SMILES string of the molecule is CC1=CC(=Nc2ccc(NCCCN(CCO)CCO)cc2)C(N)=CC1=O. The molecule has 0 saturated carbocycles. The zero-order valence-corrected chi connectivity index (χ0v) is 15.7. The van der Waals surface area contributed by atoms with Gasteiger partial charge in [-0.25, -0.2) is 4.99 Å². The number of allylic oxidation sites excluding steroid dienone is 3. The third-order valence-corrected chi connectivity index (χ3v) is 4.25. The number of nitrogens with zero attached hydrogens (tertiary/aromatic N) is 2. The topological polar surface area (TPSA) is 111 Å². The standard InChI is InChI=1S/C20H28N4O3/c1-15-13-19(18(21)14-20(15)27)23-17-5-3-16(4-6-17)22-7-2-8-24(9-11-25)10-12-26/h3-6,13-14,22,25-26H,2,7-12,21H2,1H3. The Hall–Kier alpha value is -2.48. The highest BCUT2D eigenvalue weighted by atomic mass is 16.3. The van der Waals surface area contributed by atoms with Gasteiger partial charge in [-0.1, -0.05) is 0 Å². The summed E-state index contributed by atoms with van der Waals surface area (Å²) >= 11 is 0. The van der Waals surface area contributed by atoms with Gasteiger partial charge in [-0.2, -0.15) is 0 Å². The van der Waals surface area contributed by atoms with Gasteiger partial charge in [-0.05, 0) is 55.8 Å². The summed E-state index contributed by atoms with van der Waals surface area (Å²) in [4.78, 5) is 18.1. The third-order valence-electron chi connectivity index (χ3n) is 4.25. The largest absolute Gasteiger partial charge is 0.397 e. The number of hydrogen-bond acceptors (Lipinski definition) is 7. The van der Waals surface area contributed by atoms with Crippen LogP contribution in [0.5, 0.6) is 0 Å². The van der Waals surface area contributed by atoms with E-state index < -0.39 is 0 Å². The Morgan fingerprint density at radius 3 is 2.37 bits per heavy atom. The van der Waals surface area contributed by atoms with Crippen molar-refractivity contribution in [1.82, 2.24) is 4.90 Å². The highest BCUT2D eigenvalue weighted by Crippen LogP contribution is 2.19. The number of ketones is 1. The van der Waals surface area contributed by atoms with E-state index in [4.69, 9.17) is 15.9 Å². The molecule has 1 aromatic carbocycles. The molecule has 0 amide bonds. The Bertz CT molecular complexity index is 717. The molecule has 0 spiro atoms. The number of carbonyl (C=O) groups excluding carboxylic acids is 1. The number of benzene rings is 1. The maximum Gasteiger partial charge on any atom is 0.183 e. The van der Waals surface area contributed by atoms with Crippen LogP contribution in [-0.2, 0) is 4.79 Å². The lowest BCUT2D eigenvalue weighted by molar-refractivity contribution is -0.111. The Kier molecular flexibility index (Phi) is 8.19. The van der Waals surface area contributed by atoms with Crippen molar-refractivity contribution in [3.05, 3.63) is 47.7 Å². The fraction of sp³-hybridized carbons (Fsp3) is 0.400. The number of nitrogens with two attached hydrogens (primary N) is 1. The lowest BCUT2D eigenvalue weighted by Crippen LogP contribution is -2.31.